The van der Waals surface area contributed by atoms with E-state index in [2.05, 4.69) is 5.32 Å². The van der Waals surface area contributed by atoms with E-state index >= 15 is 0 Å². The number of carbonyl (C=O) groups is 1. The van der Waals surface area contributed by atoms with Gasteiger partial charge in [-0.15, -0.1) is 0 Å². The molecule has 1 N–H and O–H groups in total. The van der Waals surface area contributed by atoms with E-state index in [1.165, 1.54) is 0 Å². The fourth-order valence-electron chi connectivity index (χ4n) is 0.792. The summed E-state index contributed by atoms with van der Waals surface area (Å²) in [6, 6.07) is 6.50. The molecular weight excluding hydrogens is 158 g/mol. The van der Waals surface area contributed by atoms with Crippen molar-refractivity contribution in [2.24, 2.45) is 0 Å². The van der Waals surface area contributed by atoms with E-state index in [0.717, 1.165) is 0 Å². The van der Waals surface area contributed by atoms with Crippen LogP contribution in [0.15, 0.2) is 24.3 Å². The Morgan fingerprint density at radius 3 is 2.33 bits per heavy atom. The van der Waals surface area contributed by atoms with Crippen molar-refractivity contribution >= 4 is 11.8 Å². The van der Waals surface area contributed by atoms with Gasteiger partial charge in [-0.25, -0.2) is 9.90 Å². The van der Waals surface area contributed by atoms with Crippen molar-refractivity contribution in [3.8, 4) is 5.75 Å². The number of benzene rings is 1. The highest BCUT2D eigenvalue weighted by atomic mass is 16.5. The number of ether oxygens (including phenoxy) is 1. The van der Waals surface area contributed by atoms with Crippen LogP contribution in [0.25, 0.3) is 0 Å². The first kappa shape index (κ1) is 8.39. The van der Waals surface area contributed by atoms with E-state index in [0.29, 0.717) is 11.4 Å². The smallest absolute Gasteiger partial charge is 0.454 e. The van der Waals surface area contributed by atoms with Crippen LogP contribution in [-0.4, -0.2) is 13.2 Å². The van der Waals surface area contributed by atoms with Crippen molar-refractivity contribution in [3.63, 3.8) is 0 Å². The molecular formula is C8H8NO3. The standard InChI is InChI=1S/C8H8NO3/c1-12-7-4-2-6(3-5-7)9-8(10)11/h2-5,9H,1H3. The zero-order chi connectivity index (χ0) is 8.97. The Bertz CT molecular complexity index is 268. The van der Waals surface area contributed by atoms with Gasteiger partial charge in [0.1, 0.15) is 5.75 Å². The molecule has 0 saturated carbocycles. The van der Waals surface area contributed by atoms with Gasteiger partial charge < -0.3 is 4.74 Å². The summed E-state index contributed by atoms with van der Waals surface area (Å²) in [5.41, 5.74) is 0.468. The van der Waals surface area contributed by atoms with Gasteiger partial charge in [0.2, 0.25) is 0 Å². The van der Waals surface area contributed by atoms with E-state index in [4.69, 9.17) is 4.74 Å². The van der Waals surface area contributed by atoms with Crippen LogP contribution in [0.2, 0.25) is 0 Å². The highest BCUT2D eigenvalue weighted by Gasteiger charge is 1.98. The molecule has 1 rings (SSSR count). The number of rotatable bonds is 2. The van der Waals surface area contributed by atoms with Gasteiger partial charge in [0.25, 0.3) is 0 Å². The van der Waals surface area contributed by atoms with Gasteiger partial charge in [-0.2, -0.15) is 0 Å². The molecule has 1 amide bonds. The minimum Gasteiger partial charge on any atom is -0.497 e. The van der Waals surface area contributed by atoms with Crippen LogP contribution in [0.1, 0.15) is 0 Å². The molecule has 0 unspecified atom stereocenters. The molecule has 0 aliphatic carbocycles. The number of hydrogen-bond donors (Lipinski definition) is 1. The topological polar surface area (TPSA) is 58.2 Å². The third-order valence-corrected chi connectivity index (χ3v) is 1.34. The van der Waals surface area contributed by atoms with Crippen molar-refractivity contribution in [2.75, 3.05) is 12.4 Å². The van der Waals surface area contributed by atoms with Gasteiger partial charge in [0, 0.05) is 5.69 Å². The molecule has 12 heavy (non-hydrogen) atoms. The summed E-state index contributed by atoms with van der Waals surface area (Å²) < 4.78 is 4.88. The predicted molar refractivity (Wildman–Crippen MR) is 42.7 cm³/mol. The summed E-state index contributed by atoms with van der Waals surface area (Å²) >= 11 is 0. The van der Waals surface area contributed by atoms with Crippen molar-refractivity contribution < 1.29 is 14.6 Å². The molecule has 1 radical (unpaired) electrons. The lowest BCUT2D eigenvalue weighted by Crippen LogP contribution is -2.04. The van der Waals surface area contributed by atoms with E-state index in [9.17, 15) is 9.90 Å². The molecule has 0 spiro atoms. The molecule has 0 heterocycles. The lowest BCUT2D eigenvalue weighted by atomic mass is 10.3. The Kier molecular flexibility index (Phi) is 2.53. The monoisotopic (exact) mass is 166 g/mol. The molecule has 0 bridgehead atoms. The number of carbonyl (C=O) groups excluding carboxylic acids is 1. The molecule has 4 heteroatoms. The van der Waals surface area contributed by atoms with Gasteiger partial charge >= 0.3 is 6.09 Å². The summed E-state index contributed by atoms with van der Waals surface area (Å²) in [7, 11) is 1.54. The quantitative estimate of drug-likeness (QED) is 0.726. The minimum absolute atomic E-state index is 0.468. The second-order valence-electron chi connectivity index (χ2n) is 2.14. The number of anilines is 1. The molecule has 0 aromatic heterocycles. The van der Waals surface area contributed by atoms with Crippen LogP contribution in [0.4, 0.5) is 10.5 Å². The SMILES string of the molecule is COc1ccc(NC([O])=O)cc1. The minimum atomic E-state index is -1.32. The lowest BCUT2D eigenvalue weighted by Gasteiger charge is -2.00. The average molecular weight is 166 g/mol. The van der Waals surface area contributed by atoms with Gasteiger partial charge in [0.15, 0.2) is 0 Å². The molecule has 0 aliphatic rings. The van der Waals surface area contributed by atoms with Crippen LogP contribution in [-0.2, 0) is 5.11 Å². The highest BCUT2D eigenvalue weighted by molar-refractivity contribution is 5.82. The van der Waals surface area contributed by atoms with Crippen molar-refractivity contribution in [1.29, 1.82) is 0 Å². The van der Waals surface area contributed by atoms with Gasteiger partial charge in [-0.1, -0.05) is 0 Å². The molecule has 0 saturated heterocycles. The van der Waals surface area contributed by atoms with Gasteiger partial charge in [-0.3, -0.25) is 5.32 Å². The lowest BCUT2D eigenvalue weighted by molar-refractivity contribution is 0.185. The third-order valence-electron chi connectivity index (χ3n) is 1.34. The average Bonchev–Trinajstić information content (AvgIpc) is 2.05. The molecule has 0 aliphatic heterocycles. The Morgan fingerprint density at radius 2 is 1.92 bits per heavy atom. The third kappa shape index (κ3) is 2.16. The fraction of sp³-hybridized carbons (Fsp3) is 0.125. The van der Waals surface area contributed by atoms with Crippen molar-refractivity contribution in [3.05, 3.63) is 24.3 Å². The molecule has 63 valence electrons. The van der Waals surface area contributed by atoms with Crippen LogP contribution in [0.3, 0.4) is 0 Å². The second-order valence-corrected chi connectivity index (χ2v) is 2.14. The van der Waals surface area contributed by atoms with Crippen LogP contribution in [0.5, 0.6) is 5.75 Å². The summed E-state index contributed by atoms with van der Waals surface area (Å²) in [5.74, 6) is 0.680. The first-order valence-electron chi connectivity index (χ1n) is 3.34. The fourth-order valence-corrected chi connectivity index (χ4v) is 0.792. The second kappa shape index (κ2) is 3.61. The first-order valence-corrected chi connectivity index (χ1v) is 3.34. The zero-order valence-electron chi connectivity index (χ0n) is 6.53. The summed E-state index contributed by atoms with van der Waals surface area (Å²) in [6.45, 7) is 0. The Morgan fingerprint density at radius 1 is 1.33 bits per heavy atom. The van der Waals surface area contributed by atoms with Gasteiger partial charge in [-0.05, 0) is 24.3 Å². The summed E-state index contributed by atoms with van der Waals surface area (Å²) in [4.78, 5) is 10.1. The number of methoxy groups -OCH3 is 1. The first-order chi connectivity index (χ1) is 5.72. The summed E-state index contributed by atoms with van der Waals surface area (Å²) in [5, 5.41) is 12.2. The molecule has 4 nitrogen and oxygen atoms in total. The maximum Gasteiger partial charge on any atom is 0.454 e. The van der Waals surface area contributed by atoms with Crippen molar-refractivity contribution in [1.82, 2.24) is 0 Å². The predicted octanol–water partition coefficient (Wildman–Crippen LogP) is 1.66. The molecule has 1 aromatic rings. The molecule has 1 aromatic carbocycles. The highest BCUT2D eigenvalue weighted by Crippen LogP contribution is 2.14. The van der Waals surface area contributed by atoms with E-state index in [1.807, 2.05) is 0 Å². The largest absolute Gasteiger partial charge is 0.497 e. The van der Waals surface area contributed by atoms with Crippen LogP contribution in [0, 0.1) is 0 Å². The van der Waals surface area contributed by atoms with Crippen molar-refractivity contribution in [2.45, 2.75) is 0 Å². The van der Waals surface area contributed by atoms with Crippen LogP contribution >= 0.6 is 0 Å². The number of amides is 1. The van der Waals surface area contributed by atoms with Crippen LogP contribution < -0.4 is 10.1 Å². The Balaban J connectivity index is 2.71. The van der Waals surface area contributed by atoms with E-state index in [-0.39, 0.29) is 0 Å². The maximum absolute atomic E-state index is 10.1. The molecule has 0 atom stereocenters. The summed E-state index contributed by atoms with van der Waals surface area (Å²) in [6.07, 6.45) is -1.32. The Hall–Kier alpha value is -1.71. The maximum atomic E-state index is 10.1. The Labute approximate surface area is 69.8 Å². The molecule has 0 fully saturated rings. The van der Waals surface area contributed by atoms with E-state index in [1.54, 1.807) is 31.4 Å². The normalized spacial score (nSPS) is 9.08. The van der Waals surface area contributed by atoms with E-state index < -0.39 is 6.09 Å². The zero-order valence-corrected chi connectivity index (χ0v) is 6.53. The number of hydrogen-bond acceptors (Lipinski definition) is 2. The number of nitrogens with one attached hydrogen (secondary N) is 1. The van der Waals surface area contributed by atoms with Gasteiger partial charge in [0.05, 0.1) is 7.11 Å².